The Morgan fingerprint density at radius 1 is 1.48 bits per heavy atom. The summed E-state index contributed by atoms with van der Waals surface area (Å²) in [6, 6.07) is 0.397. The SMILES string of the molecule is C=C(Cl)CN=C(NCC)NC1C2CCCOC2C1(C)C.I. The molecular formula is C15H27ClIN3O. The molecule has 0 bridgehead atoms. The molecule has 4 nitrogen and oxygen atoms in total. The van der Waals surface area contributed by atoms with Crippen molar-refractivity contribution in [1.82, 2.24) is 10.6 Å². The van der Waals surface area contributed by atoms with Crippen LogP contribution in [-0.4, -0.2) is 37.8 Å². The van der Waals surface area contributed by atoms with E-state index in [9.17, 15) is 0 Å². The van der Waals surface area contributed by atoms with E-state index in [1.54, 1.807) is 0 Å². The van der Waals surface area contributed by atoms with Gasteiger partial charge in [0.05, 0.1) is 12.6 Å². The average Bonchev–Trinajstić information content (AvgIpc) is 2.41. The number of rotatable bonds is 4. The molecule has 2 N–H and O–H groups in total. The topological polar surface area (TPSA) is 45.7 Å². The Balaban J connectivity index is 0.00000220. The number of hydrogen-bond acceptors (Lipinski definition) is 2. The monoisotopic (exact) mass is 427 g/mol. The van der Waals surface area contributed by atoms with E-state index in [0.29, 0.717) is 29.6 Å². The fourth-order valence-electron chi connectivity index (χ4n) is 3.45. The van der Waals surface area contributed by atoms with Crippen LogP contribution in [0.5, 0.6) is 0 Å². The fourth-order valence-corrected chi connectivity index (χ4v) is 3.51. The van der Waals surface area contributed by atoms with Crippen LogP contribution in [0.3, 0.4) is 0 Å². The maximum absolute atomic E-state index is 5.93. The highest BCUT2D eigenvalue weighted by Crippen LogP contribution is 2.51. The predicted molar refractivity (Wildman–Crippen MR) is 99.6 cm³/mol. The van der Waals surface area contributed by atoms with Gasteiger partial charge in [0.15, 0.2) is 5.96 Å². The quantitative estimate of drug-likeness (QED) is 0.412. The van der Waals surface area contributed by atoms with Crippen LogP contribution in [0.2, 0.25) is 0 Å². The molecule has 1 saturated heterocycles. The van der Waals surface area contributed by atoms with E-state index >= 15 is 0 Å². The molecule has 3 unspecified atom stereocenters. The molecule has 1 heterocycles. The Morgan fingerprint density at radius 2 is 2.19 bits per heavy atom. The van der Waals surface area contributed by atoms with E-state index in [1.807, 2.05) is 0 Å². The lowest BCUT2D eigenvalue weighted by atomic mass is 9.55. The molecular weight excluding hydrogens is 401 g/mol. The molecule has 1 aliphatic heterocycles. The lowest BCUT2D eigenvalue weighted by Crippen LogP contribution is -2.71. The number of nitrogens with zero attached hydrogens (tertiary/aromatic N) is 1. The van der Waals surface area contributed by atoms with Crippen LogP contribution in [0, 0.1) is 11.3 Å². The summed E-state index contributed by atoms with van der Waals surface area (Å²) in [6.45, 7) is 12.4. The molecule has 0 aromatic heterocycles. The van der Waals surface area contributed by atoms with E-state index in [-0.39, 0.29) is 29.4 Å². The summed E-state index contributed by atoms with van der Waals surface area (Å²) in [7, 11) is 0. The summed E-state index contributed by atoms with van der Waals surface area (Å²) in [6.07, 6.45) is 2.76. The van der Waals surface area contributed by atoms with Gasteiger partial charge < -0.3 is 15.4 Å². The second kappa shape index (κ2) is 8.02. The van der Waals surface area contributed by atoms with Gasteiger partial charge in [-0.1, -0.05) is 32.0 Å². The second-order valence-electron chi connectivity index (χ2n) is 6.25. The number of ether oxygens (including phenoxy) is 1. The van der Waals surface area contributed by atoms with Gasteiger partial charge >= 0.3 is 0 Å². The Hall–Kier alpha value is -0.0100. The molecule has 122 valence electrons. The van der Waals surface area contributed by atoms with Crippen molar-refractivity contribution < 1.29 is 4.74 Å². The Morgan fingerprint density at radius 3 is 2.81 bits per heavy atom. The van der Waals surface area contributed by atoms with Gasteiger partial charge in [0.2, 0.25) is 0 Å². The molecule has 0 amide bonds. The molecule has 0 aromatic carbocycles. The molecule has 2 fully saturated rings. The standard InChI is InChI=1S/C15H26ClN3O.HI/c1-5-17-14(18-9-10(2)16)19-12-11-7-6-8-20-13(11)15(12,3)4;/h11-13H,2,5-9H2,1,3-4H3,(H2,17,18,19);1H. The maximum atomic E-state index is 5.93. The van der Waals surface area contributed by atoms with Crippen molar-refractivity contribution in [2.24, 2.45) is 16.3 Å². The van der Waals surface area contributed by atoms with Gasteiger partial charge in [-0.05, 0) is 19.8 Å². The van der Waals surface area contributed by atoms with E-state index in [2.05, 4.69) is 43.0 Å². The van der Waals surface area contributed by atoms with E-state index in [1.165, 1.54) is 6.42 Å². The molecule has 0 radical (unpaired) electrons. The highest BCUT2D eigenvalue weighted by molar-refractivity contribution is 14.0. The molecule has 1 saturated carbocycles. The molecule has 1 aliphatic carbocycles. The van der Waals surface area contributed by atoms with Crippen LogP contribution in [0.25, 0.3) is 0 Å². The zero-order valence-corrected chi connectivity index (χ0v) is 16.2. The minimum atomic E-state index is 0. The van der Waals surface area contributed by atoms with E-state index in [4.69, 9.17) is 16.3 Å². The summed E-state index contributed by atoms with van der Waals surface area (Å²) in [5, 5.41) is 7.38. The van der Waals surface area contributed by atoms with Crippen molar-refractivity contribution in [3.63, 3.8) is 0 Å². The molecule has 0 spiro atoms. The highest BCUT2D eigenvalue weighted by Gasteiger charge is 2.58. The second-order valence-corrected chi connectivity index (χ2v) is 6.79. The normalized spacial score (nSPS) is 30.5. The van der Waals surface area contributed by atoms with Gasteiger partial charge in [0, 0.05) is 35.6 Å². The Labute approximate surface area is 150 Å². The fraction of sp³-hybridized carbons (Fsp3) is 0.800. The molecule has 2 rings (SSSR count). The number of halogens is 2. The van der Waals surface area contributed by atoms with Gasteiger partial charge in [-0.25, -0.2) is 4.99 Å². The summed E-state index contributed by atoms with van der Waals surface area (Å²) >= 11 is 5.80. The number of fused-ring (bicyclic) bond motifs is 1. The van der Waals surface area contributed by atoms with Crippen LogP contribution in [0.15, 0.2) is 16.6 Å². The zero-order valence-electron chi connectivity index (χ0n) is 13.1. The van der Waals surface area contributed by atoms with E-state index in [0.717, 1.165) is 25.5 Å². The first-order valence-electron chi connectivity index (χ1n) is 7.46. The molecule has 0 aromatic rings. The van der Waals surface area contributed by atoms with Crippen LogP contribution in [0.4, 0.5) is 0 Å². The minimum absolute atomic E-state index is 0. The summed E-state index contributed by atoms with van der Waals surface area (Å²) in [5.41, 5.74) is 0.138. The molecule has 21 heavy (non-hydrogen) atoms. The summed E-state index contributed by atoms with van der Waals surface area (Å²) < 4.78 is 5.93. The molecule has 2 aliphatic rings. The third kappa shape index (κ3) is 4.26. The minimum Gasteiger partial charge on any atom is -0.377 e. The lowest BCUT2D eigenvalue weighted by Gasteiger charge is -2.60. The number of hydrogen-bond donors (Lipinski definition) is 2. The maximum Gasteiger partial charge on any atom is 0.191 e. The molecule has 6 heteroatoms. The average molecular weight is 428 g/mol. The van der Waals surface area contributed by atoms with E-state index < -0.39 is 0 Å². The van der Waals surface area contributed by atoms with Crippen molar-refractivity contribution in [3.8, 4) is 0 Å². The smallest absolute Gasteiger partial charge is 0.191 e. The Bertz CT molecular complexity index is 400. The van der Waals surface area contributed by atoms with Crippen molar-refractivity contribution in [2.75, 3.05) is 19.7 Å². The summed E-state index contributed by atoms with van der Waals surface area (Å²) in [4.78, 5) is 4.46. The first kappa shape index (κ1) is 19.0. The third-order valence-corrected chi connectivity index (χ3v) is 4.50. The van der Waals surface area contributed by atoms with Crippen molar-refractivity contribution >= 4 is 41.5 Å². The zero-order chi connectivity index (χ0) is 14.8. The van der Waals surface area contributed by atoms with Crippen molar-refractivity contribution in [2.45, 2.75) is 45.8 Å². The van der Waals surface area contributed by atoms with Crippen LogP contribution < -0.4 is 10.6 Å². The summed E-state index contributed by atoms with van der Waals surface area (Å²) in [5.74, 6) is 1.40. The van der Waals surface area contributed by atoms with Gasteiger partial charge in [-0.2, -0.15) is 0 Å². The van der Waals surface area contributed by atoms with Crippen molar-refractivity contribution in [1.29, 1.82) is 0 Å². The predicted octanol–water partition coefficient (Wildman–Crippen LogP) is 3.12. The lowest BCUT2D eigenvalue weighted by molar-refractivity contribution is -0.188. The number of guanidine groups is 1. The first-order chi connectivity index (χ1) is 9.46. The first-order valence-corrected chi connectivity index (χ1v) is 7.84. The largest absolute Gasteiger partial charge is 0.377 e. The van der Waals surface area contributed by atoms with Crippen LogP contribution in [-0.2, 0) is 4.74 Å². The molecule has 3 atom stereocenters. The van der Waals surface area contributed by atoms with Crippen LogP contribution >= 0.6 is 35.6 Å². The van der Waals surface area contributed by atoms with Gasteiger partial charge in [0.25, 0.3) is 0 Å². The third-order valence-electron chi connectivity index (χ3n) is 4.38. The van der Waals surface area contributed by atoms with Crippen molar-refractivity contribution in [3.05, 3.63) is 11.6 Å². The highest BCUT2D eigenvalue weighted by atomic mass is 127. The van der Waals surface area contributed by atoms with Crippen LogP contribution in [0.1, 0.15) is 33.6 Å². The Kier molecular flexibility index (Phi) is 7.27. The number of nitrogens with one attached hydrogen (secondary N) is 2. The van der Waals surface area contributed by atoms with Gasteiger partial charge in [-0.15, -0.1) is 24.0 Å². The van der Waals surface area contributed by atoms with Gasteiger partial charge in [0.1, 0.15) is 0 Å². The number of aliphatic imine (C=N–C) groups is 1. The van der Waals surface area contributed by atoms with Gasteiger partial charge in [-0.3, -0.25) is 0 Å².